The Morgan fingerprint density at radius 2 is 2.00 bits per heavy atom. The largest absolute Gasteiger partial charge is 0.431 e. The molecule has 5 rings (SSSR count). The van der Waals surface area contributed by atoms with Gasteiger partial charge in [0, 0.05) is 19.0 Å². The molecule has 1 fully saturated rings. The van der Waals surface area contributed by atoms with Gasteiger partial charge in [-0.1, -0.05) is 12.1 Å². The average molecular weight is 337 g/mol. The Morgan fingerprint density at radius 3 is 2.84 bits per heavy atom. The van der Waals surface area contributed by atoms with Gasteiger partial charge in [-0.2, -0.15) is 4.98 Å². The van der Waals surface area contributed by atoms with Crippen molar-refractivity contribution in [1.82, 2.24) is 14.5 Å². The number of benzene rings is 1. The maximum absolute atomic E-state index is 12.8. The van der Waals surface area contributed by atoms with Gasteiger partial charge in [-0.25, -0.2) is 4.98 Å². The van der Waals surface area contributed by atoms with Crippen LogP contribution in [0, 0.1) is 5.92 Å². The number of fused-ring (bicyclic) bond motifs is 3. The number of imidazole rings is 1. The third-order valence-corrected chi connectivity index (χ3v) is 4.57. The van der Waals surface area contributed by atoms with Gasteiger partial charge in [0.05, 0.1) is 11.0 Å². The van der Waals surface area contributed by atoms with E-state index in [4.69, 9.17) is 4.42 Å². The molecule has 8 heteroatoms. The number of amides is 2. The fourth-order valence-corrected chi connectivity index (χ4v) is 3.10. The van der Waals surface area contributed by atoms with Gasteiger partial charge in [0.15, 0.2) is 5.69 Å². The minimum atomic E-state index is -0.287. The van der Waals surface area contributed by atoms with Crippen molar-refractivity contribution in [1.29, 1.82) is 0 Å². The first-order valence-electron chi connectivity index (χ1n) is 8.24. The predicted molar refractivity (Wildman–Crippen MR) is 89.3 cm³/mol. The quantitative estimate of drug-likeness (QED) is 0.789. The Kier molecular flexibility index (Phi) is 2.94. The van der Waals surface area contributed by atoms with Crippen LogP contribution in [0.1, 0.15) is 23.3 Å². The van der Waals surface area contributed by atoms with Crippen molar-refractivity contribution in [2.75, 3.05) is 16.8 Å². The molecule has 0 saturated heterocycles. The van der Waals surface area contributed by atoms with Crippen molar-refractivity contribution >= 4 is 34.8 Å². The second-order valence-corrected chi connectivity index (χ2v) is 6.31. The molecule has 25 heavy (non-hydrogen) atoms. The maximum Gasteiger partial charge on any atom is 0.302 e. The number of carbonyl (C=O) groups is 2. The molecule has 2 aromatic heterocycles. The molecule has 0 spiro atoms. The molecule has 3 aromatic rings. The highest BCUT2D eigenvalue weighted by Gasteiger charge is 2.32. The lowest BCUT2D eigenvalue weighted by molar-refractivity contribution is -0.117. The summed E-state index contributed by atoms with van der Waals surface area (Å²) in [6.45, 7) is 1.22. The topological polar surface area (TPSA) is 93.3 Å². The zero-order chi connectivity index (χ0) is 17.0. The van der Waals surface area contributed by atoms with E-state index < -0.39 is 0 Å². The molecule has 3 heterocycles. The summed E-state index contributed by atoms with van der Waals surface area (Å²) in [5, 5.41) is 2.60. The lowest BCUT2D eigenvalue weighted by Crippen LogP contribution is -2.29. The van der Waals surface area contributed by atoms with E-state index in [0.29, 0.717) is 19.0 Å². The number of nitrogens with one attached hydrogen (secondary N) is 1. The van der Waals surface area contributed by atoms with E-state index in [1.807, 2.05) is 28.8 Å². The van der Waals surface area contributed by atoms with Crippen LogP contribution in [-0.2, 0) is 11.3 Å². The van der Waals surface area contributed by atoms with E-state index >= 15 is 0 Å². The molecule has 1 aliphatic carbocycles. The van der Waals surface area contributed by atoms with Gasteiger partial charge in [-0.3, -0.25) is 19.8 Å². The fraction of sp³-hybridized carbons (Fsp3) is 0.294. The molecule has 2 aliphatic rings. The van der Waals surface area contributed by atoms with Crippen molar-refractivity contribution in [2.45, 2.75) is 19.4 Å². The molecule has 0 atom stereocenters. The van der Waals surface area contributed by atoms with E-state index in [1.165, 1.54) is 6.26 Å². The number of oxazole rings is 1. The van der Waals surface area contributed by atoms with Crippen molar-refractivity contribution in [3.63, 3.8) is 0 Å². The van der Waals surface area contributed by atoms with Crippen molar-refractivity contribution in [2.24, 2.45) is 5.92 Å². The summed E-state index contributed by atoms with van der Waals surface area (Å²) >= 11 is 0. The number of rotatable bonds is 3. The minimum absolute atomic E-state index is 0.0459. The summed E-state index contributed by atoms with van der Waals surface area (Å²) in [4.78, 5) is 34.8. The highest BCUT2D eigenvalue weighted by molar-refractivity contribution is 6.05. The molecule has 1 aromatic carbocycles. The monoisotopic (exact) mass is 337 g/mol. The Labute approximate surface area is 142 Å². The number of hydrogen-bond acceptors (Lipinski definition) is 5. The number of carbonyl (C=O) groups excluding carboxylic acids is 2. The maximum atomic E-state index is 12.8. The zero-order valence-corrected chi connectivity index (χ0v) is 13.3. The SMILES string of the molecule is O=C(Nc1nc(C(=O)N2CCn3c2nc2ccccc23)co1)C1CC1. The normalized spacial score (nSPS) is 16.2. The highest BCUT2D eigenvalue weighted by atomic mass is 16.4. The van der Waals surface area contributed by atoms with Crippen LogP contribution >= 0.6 is 0 Å². The first-order valence-corrected chi connectivity index (χ1v) is 8.24. The van der Waals surface area contributed by atoms with Gasteiger partial charge in [0.2, 0.25) is 11.9 Å². The Morgan fingerprint density at radius 1 is 1.16 bits per heavy atom. The van der Waals surface area contributed by atoms with Gasteiger partial charge >= 0.3 is 6.01 Å². The lowest BCUT2D eigenvalue weighted by Gasteiger charge is -2.11. The molecular weight excluding hydrogens is 322 g/mol. The fourth-order valence-electron chi connectivity index (χ4n) is 3.10. The van der Waals surface area contributed by atoms with E-state index in [-0.39, 0.29) is 29.4 Å². The third-order valence-electron chi connectivity index (χ3n) is 4.57. The van der Waals surface area contributed by atoms with Crippen LogP contribution in [0.5, 0.6) is 0 Å². The minimum Gasteiger partial charge on any atom is -0.431 e. The Bertz CT molecular complexity index is 1000. The van der Waals surface area contributed by atoms with Crippen LogP contribution in [0.2, 0.25) is 0 Å². The van der Waals surface area contributed by atoms with Crippen LogP contribution in [0.4, 0.5) is 12.0 Å². The number of nitrogens with zero attached hydrogens (tertiary/aromatic N) is 4. The lowest BCUT2D eigenvalue weighted by atomic mass is 10.3. The number of para-hydroxylation sites is 2. The van der Waals surface area contributed by atoms with Gasteiger partial charge in [-0.15, -0.1) is 0 Å². The summed E-state index contributed by atoms with van der Waals surface area (Å²) in [5.74, 6) is 0.260. The van der Waals surface area contributed by atoms with Gasteiger partial charge in [0.1, 0.15) is 6.26 Å². The molecule has 0 radical (unpaired) electrons. The summed E-state index contributed by atoms with van der Waals surface area (Å²) in [5.41, 5.74) is 2.02. The molecule has 1 saturated carbocycles. The van der Waals surface area contributed by atoms with Crippen molar-refractivity contribution < 1.29 is 14.0 Å². The van der Waals surface area contributed by atoms with Crippen molar-refractivity contribution in [3.8, 4) is 0 Å². The number of hydrogen-bond donors (Lipinski definition) is 1. The van der Waals surface area contributed by atoms with Crippen LogP contribution in [0.15, 0.2) is 34.9 Å². The third kappa shape index (κ3) is 2.29. The number of aromatic nitrogens is 3. The molecule has 8 nitrogen and oxygen atoms in total. The second-order valence-electron chi connectivity index (χ2n) is 6.31. The van der Waals surface area contributed by atoms with E-state index in [9.17, 15) is 9.59 Å². The van der Waals surface area contributed by atoms with Crippen LogP contribution in [-0.4, -0.2) is 32.9 Å². The summed E-state index contributed by atoms with van der Waals surface area (Å²) in [6, 6.07) is 7.84. The van der Waals surface area contributed by atoms with Crippen LogP contribution in [0.25, 0.3) is 11.0 Å². The highest BCUT2D eigenvalue weighted by Crippen LogP contribution is 2.30. The summed E-state index contributed by atoms with van der Waals surface area (Å²) in [7, 11) is 0. The molecule has 0 unspecified atom stereocenters. The zero-order valence-electron chi connectivity index (χ0n) is 13.3. The van der Waals surface area contributed by atoms with Crippen LogP contribution in [0.3, 0.4) is 0 Å². The summed E-state index contributed by atoms with van der Waals surface area (Å²) < 4.78 is 7.24. The average Bonchev–Trinajstić information content (AvgIpc) is 3.08. The molecule has 0 bridgehead atoms. The predicted octanol–water partition coefficient (Wildman–Crippen LogP) is 2.03. The van der Waals surface area contributed by atoms with E-state index in [0.717, 1.165) is 23.9 Å². The Hall–Kier alpha value is -3.16. The van der Waals surface area contributed by atoms with Gasteiger partial charge in [-0.05, 0) is 25.0 Å². The first-order chi connectivity index (χ1) is 12.2. The second kappa shape index (κ2) is 5.17. The van der Waals surface area contributed by atoms with Crippen LogP contribution < -0.4 is 10.2 Å². The standard InChI is InChI=1S/C17H15N5O3/c23-14(10-5-6-10)20-16-18-12(9-25-16)15(24)22-8-7-21-13-4-2-1-3-11(13)19-17(21)22/h1-4,9-10H,5-8H2,(H,18,20,23). The van der Waals surface area contributed by atoms with E-state index in [1.54, 1.807) is 4.90 Å². The molecular formula is C17H15N5O3. The Balaban J connectivity index is 1.40. The van der Waals surface area contributed by atoms with Gasteiger partial charge in [0.25, 0.3) is 5.91 Å². The first kappa shape index (κ1) is 14.2. The molecule has 126 valence electrons. The van der Waals surface area contributed by atoms with Crippen molar-refractivity contribution in [3.05, 3.63) is 36.2 Å². The number of anilines is 2. The molecule has 1 aliphatic heterocycles. The molecule has 1 N–H and O–H groups in total. The smallest absolute Gasteiger partial charge is 0.302 e. The van der Waals surface area contributed by atoms with E-state index in [2.05, 4.69) is 15.3 Å². The molecule has 2 amide bonds. The van der Waals surface area contributed by atoms with Gasteiger partial charge < -0.3 is 8.98 Å². The summed E-state index contributed by atoms with van der Waals surface area (Å²) in [6.07, 6.45) is 3.06.